The first-order valence-corrected chi connectivity index (χ1v) is 9.31. The minimum absolute atomic E-state index is 0.0721. The molecule has 0 radical (unpaired) electrons. The van der Waals surface area contributed by atoms with Crippen molar-refractivity contribution in [3.63, 3.8) is 0 Å². The number of imidazole rings is 1. The monoisotopic (exact) mass is 384 g/mol. The lowest BCUT2D eigenvalue weighted by molar-refractivity contribution is -0.144. The number of carbonyl (C=O) groups is 1. The van der Waals surface area contributed by atoms with Crippen molar-refractivity contribution in [3.8, 4) is 0 Å². The largest absolute Gasteiger partial charge is 0.457 e. The number of aromatic nitrogens is 4. The van der Waals surface area contributed by atoms with Gasteiger partial charge in [0.05, 0.1) is 6.42 Å². The molecule has 3 aromatic rings. The number of fused-ring (bicyclic) bond motifs is 1. The van der Waals surface area contributed by atoms with E-state index in [4.69, 9.17) is 4.74 Å². The van der Waals surface area contributed by atoms with Crippen LogP contribution in [0.3, 0.4) is 0 Å². The van der Waals surface area contributed by atoms with Gasteiger partial charge in [-0.2, -0.15) is 0 Å². The molecule has 0 aliphatic carbocycles. The van der Waals surface area contributed by atoms with Crippen molar-refractivity contribution < 1.29 is 9.53 Å². The molecule has 0 unspecified atom stereocenters. The van der Waals surface area contributed by atoms with E-state index in [-0.39, 0.29) is 19.0 Å². The second kappa shape index (κ2) is 8.24. The third-order valence-electron chi connectivity index (χ3n) is 4.80. The maximum atomic E-state index is 12.2. The summed E-state index contributed by atoms with van der Waals surface area (Å²) in [4.78, 5) is 43.3. The van der Waals surface area contributed by atoms with Crippen LogP contribution in [0, 0.1) is 6.92 Å². The van der Waals surface area contributed by atoms with Crippen LogP contribution in [0.2, 0.25) is 0 Å². The predicted molar refractivity (Wildman–Crippen MR) is 105 cm³/mol. The molecular formula is C20H24N4O4. The molecule has 0 atom stereocenters. The maximum absolute atomic E-state index is 12.2. The summed E-state index contributed by atoms with van der Waals surface area (Å²) in [5.41, 5.74) is 1.55. The van der Waals surface area contributed by atoms with E-state index in [1.54, 1.807) is 11.6 Å². The van der Waals surface area contributed by atoms with Gasteiger partial charge in [-0.15, -0.1) is 0 Å². The van der Waals surface area contributed by atoms with Crippen LogP contribution < -0.4 is 11.2 Å². The van der Waals surface area contributed by atoms with Gasteiger partial charge in [0, 0.05) is 13.6 Å². The molecule has 1 aromatic carbocycles. The third kappa shape index (κ3) is 3.90. The summed E-state index contributed by atoms with van der Waals surface area (Å²) >= 11 is 0. The number of aromatic amines is 1. The Kier molecular flexibility index (Phi) is 5.77. The molecule has 8 nitrogen and oxygen atoms in total. The molecule has 1 N–H and O–H groups in total. The highest BCUT2D eigenvalue weighted by atomic mass is 16.5. The first kappa shape index (κ1) is 19.6. The molecule has 0 fully saturated rings. The zero-order chi connectivity index (χ0) is 20.3. The Morgan fingerprint density at radius 2 is 2.00 bits per heavy atom. The van der Waals surface area contributed by atoms with Crippen LogP contribution >= 0.6 is 0 Å². The van der Waals surface area contributed by atoms with Crippen LogP contribution in [-0.4, -0.2) is 25.1 Å². The summed E-state index contributed by atoms with van der Waals surface area (Å²) in [7, 11) is 1.67. The number of unbranched alkanes of at least 4 members (excludes halogenated alkanes) is 1. The molecule has 0 spiro atoms. The van der Waals surface area contributed by atoms with Crippen molar-refractivity contribution in [2.24, 2.45) is 7.05 Å². The number of H-pyrrole nitrogens is 1. The number of ether oxygens (including phenoxy) is 1. The summed E-state index contributed by atoms with van der Waals surface area (Å²) < 4.78 is 8.39. The third-order valence-corrected chi connectivity index (χ3v) is 4.80. The zero-order valence-electron chi connectivity index (χ0n) is 16.3. The Labute approximate surface area is 161 Å². The number of nitrogens with one attached hydrogen (secondary N) is 1. The minimum Gasteiger partial charge on any atom is -0.457 e. The lowest BCUT2D eigenvalue weighted by atomic mass is 10.1. The Hall–Kier alpha value is -3.16. The molecule has 0 bridgehead atoms. The summed E-state index contributed by atoms with van der Waals surface area (Å²) in [5.74, 6) is 0.0353. The van der Waals surface area contributed by atoms with Crippen molar-refractivity contribution >= 4 is 17.1 Å². The molecule has 0 saturated heterocycles. The number of nitrogens with zero attached hydrogens (tertiary/aromatic N) is 3. The molecule has 0 amide bonds. The van der Waals surface area contributed by atoms with Gasteiger partial charge in [0.2, 0.25) is 0 Å². The van der Waals surface area contributed by atoms with Crippen LogP contribution in [0.4, 0.5) is 0 Å². The Balaban J connectivity index is 1.83. The molecular weight excluding hydrogens is 360 g/mol. The summed E-state index contributed by atoms with van der Waals surface area (Å²) in [6, 6.07) is 7.62. The van der Waals surface area contributed by atoms with Crippen molar-refractivity contribution in [1.82, 2.24) is 19.1 Å². The highest BCUT2D eigenvalue weighted by Gasteiger charge is 2.17. The normalized spacial score (nSPS) is 11.1. The van der Waals surface area contributed by atoms with Gasteiger partial charge in [-0.05, 0) is 24.5 Å². The lowest BCUT2D eigenvalue weighted by Crippen LogP contribution is -2.31. The highest BCUT2D eigenvalue weighted by molar-refractivity contribution is 5.73. The van der Waals surface area contributed by atoms with E-state index in [2.05, 4.69) is 9.97 Å². The number of benzene rings is 1. The molecule has 0 saturated carbocycles. The Morgan fingerprint density at radius 3 is 2.71 bits per heavy atom. The van der Waals surface area contributed by atoms with E-state index in [1.165, 1.54) is 4.57 Å². The summed E-state index contributed by atoms with van der Waals surface area (Å²) in [5, 5.41) is 0. The molecule has 2 heterocycles. The highest BCUT2D eigenvalue weighted by Crippen LogP contribution is 2.13. The molecule has 3 rings (SSSR count). The van der Waals surface area contributed by atoms with Gasteiger partial charge in [0.15, 0.2) is 11.2 Å². The van der Waals surface area contributed by atoms with E-state index in [1.807, 2.05) is 38.1 Å². The Morgan fingerprint density at radius 1 is 1.25 bits per heavy atom. The van der Waals surface area contributed by atoms with Gasteiger partial charge >= 0.3 is 11.7 Å². The number of rotatable bonds is 7. The van der Waals surface area contributed by atoms with Gasteiger partial charge in [0.25, 0.3) is 5.56 Å². The number of aryl methyl sites for hydroxylation is 3. The molecule has 0 aliphatic rings. The zero-order valence-corrected chi connectivity index (χ0v) is 16.3. The van der Waals surface area contributed by atoms with E-state index in [0.29, 0.717) is 23.5 Å². The standard InChI is InChI=1S/C20H24N4O4/c1-4-5-10-24-18-17(19(26)22-20(24)27)23(3)15(21-18)12-28-16(25)11-14-9-7-6-8-13(14)2/h6-9H,4-5,10-12H2,1-3H3,(H,22,26,27). The number of hydrogen-bond donors (Lipinski definition) is 1. The molecule has 0 aliphatic heterocycles. The fraction of sp³-hybridized carbons (Fsp3) is 0.400. The van der Waals surface area contributed by atoms with Crippen LogP contribution in [-0.2, 0) is 36.2 Å². The van der Waals surface area contributed by atoms with Gasteiger partial charge < -0.3 is 9.30 Å². The van der Waals surface area contributed by atoms with Crippen molar-refractivity contribution in [1.29, 1.82) is 0 Å². The quantitative estimate of drug-likeness (QED) is 0.627. The lowest BCUT2D eigenvalue weighted by Gasteiger charge is -2.07. The Bertz CT molecular complexity index is 1120. The predicted octanol–water partition coefficient (Wildman–Crippen LogP) is 1.82. The SMILES string of the molecule is CCCCn1c(=O)[nH]c(=O)c2c1nc(COC(=O)Cc1ccccc1C)n2C. The van der Waals surface area contributed by atoms with Crippen LogP contribution in [0.25, 0.3) is 11.2 Å². The fourth-order valence-electron chi connectivity index (χ4n) is 3.10. The van der Waals surface area contributed by atoms with Crippen molar-refractivity contribution in [2.75, 3.05) is 0 Å². The molecule has 148 valence electrons. The topological polar surface area (TPSA) is 99.0 Å². The second-order valence-corrected chi connectivity index (χ2v) is 6.79. The average Bonchev–Trinajstić information content (AvgIpc) is 2.98. The average molecular weight is 384 g/mol. The first-order valence-electron chi connectivity index (χ1n) is 9.31. The summed E-state index contributed by atoms with van der Waals surface area (Å²) in [6.45, 7) is 4.35. The minimum atomic E-state index is -0.500. The van der Waals surface area contributed by atoms with Crippen LogP contribution in [0.5, 0.6) is 0 Å². The first-order chi connectivity index (χ1) is 13.4. The van der Waals surface area contributed by atoms with Crippen LogP contribution in [0.1, 0.15) is 36.7 Å². The van der Waals surface area contributed by atoms with Gasteiger partial charge in [0.1, 0.15) is 12.4 Å². The second-order valence-electron chi connectivity index (χ2n) is 6.79. The van der Waals surface area contributed by atoms with E-state index < -0.39 is 11.2 Å². The molecule has 2 aromatic heterocycles. The van der Waals surface area contributed by atoms with E-state index >= 15 is 0 Å². The van der Waals surface area contributed by atoms with Crippen molar-refractivity contribution in [3.05, 3.63) is 62.1 Å². The fourth-order valence-corrected chi connectivity index (χ4v) is 3.10. The van der Waals surface area contributed by atoms with Crippen LogP contribution in [0.15, 0.2) is 33.9 Å². The van der Waals surface area contributed by atoms with E-state index in [0.717, 1.165) is 24.0 Å². The van der Waals surface area contributed by atoms with E-state index in [9.17, 15) is 14.4 Å². The molecule has 8 heteroatoms. The van der Waals surface area contributed by atoms with Gasteiger partial charge in [-0.3, -0.25) is 19.1 Å². The van der Waals surface area contributed by atoms with Crippen molar-refractivity contribution in [2.45, 2.75) is 46.3 Å². The van der Waals surface area contributed by atoms with Gasteiger partial charge in [-0.25, -0.2) is 9.78 Å². The van der Waals surface area contributed by atoms with Gasteiger partial charge in [-0.1, -0.05) is 37.6 Å². The number of esters is 1. The number of hydrogen-bond acceptors (Lipinski definition) is 5. The summed E-state index contributed by atoms with van der Waals surface area (Å²) in [6.07, 6.45) is 1.86. The number of carbonyl (C=O) groups excluding carboxylic acids is 1. The smallest absolute Gasteiger partial charge is 0.330 e. The molecule has 28 heavy (non-hydrogen) atoms. The maximum Gasteiger partial charge on any atom is 0.330 e.